The number of nitrogens with zero attached hydrogens (tertiary/aromatic N) is 2. The SMILES string of the molecule is CC(C)(C)OC(=O)N1CCN(Cc2c(O)c(Cl)cc3c2O/C(=C\c2c[nH]c4ccccc24)C3=O)CC1. The van der Waals surface area contributed by atoms with Crippen LogP contribution in [0, 0.1) is 0 Å². The lowest BCUT2D eigenvalue weighted by Gasteiger charge is -2.35. The third kappa shape index (κ3) is 4.66. The number of piperazine rings is 1. The van der Waals surface area contributed by atoms with Crippen LogP contribution in [0.15, 0.2) is 42.3 Å². The number of rotatable bonds is 3. The fourth-order valence-electron chi connectivity index (χ4n) is 4.48. The second kappa shape index (κ2) is 9.19. The highest BCUT2D eigenvalue weighted by Gasteiger charge is 2.34. The molecule has 5 rings (SSSR count). The number of amides is 1. The summed E-state index contributed by atoms with van der Waals surface area (Å²) >= 11 is 6.31. The molecule has 1 amide bonds. The van der Waals surface area contributed by atoms with Gasteiger partial charge < -0.3 is 24.5 Å². The van der Waals surface area contributed by atoms with Gasteiger partial charge in [0.1, 0.15) is 17.1 Å². The number of halogens is 1. The Morgan fingerprint density at radius 1 is 1.22 bits per heavy atom. The van der Waals surface area contributed by atoms with Gasteiger partial charge in [-0.05, 0) is 39.0 Å². The Kier molecular flexibility index (Phi) is 6.18. The number of allylic oxidation sites excluding steroid dienone is 1. The molecule has 0 saturated carbocycles. The third-order valence-electron chi connectivity index (χ3n) is 6.30. The zero-order valence-corrected chi connectivity index (χ0v) is 21.2. The lowest BCUT2D eigenvalue weighted by Crippen LogP contribution is -2.49. The molecule has 1 aromatic heterocycles. The summed E-state index contributed by atoms with van der Waals surface area (Å²) < 4.78 is 11.5. The molecule has 0 bridgehead atoms. The van der Waals surface area contributed by atoms with Gasteiger partial charge in [0, 0.05) is 55.4 Å². The number of carbonyl (C=O) groups excluding carboxylic acids is 2. The Morgan fingerprint density at radius 2 is 1.94 bits per heavy atom. The maximum atomic E-state index is 13.2. The molecule has 1 fully saturated rings. The number of carbonyl (C=O) groups is 2. The number of ether oxygens (including phenoxy) is 2. The number of phenolic OH excluding ortho intramolecular Hbond substituents is 1. The molecular formula is C27H28ClN3O5. The molecule has 2 N–H and O–H groups in total. The van der Waals surface area contributed by atoms with E-state index >= 15 is 0 Å². The van der Waals surface area contributed by atoms with Crippen LogP contribution in [0.4, 0.5) is 4.79 Å². The van der Waals surface area contributed by atoms with Crippen LogP contribution in [-0.2, 0) is 11.3 Å². The van der Waals surface area contributed by atoms with E-state index in [4.69, 9.17) is 21.1 Å². The maximum absolute atomic E-state index is 13.2. The molecule has 0 unspecified atom stereocenters. The van der Waals surface area contributed by atoms with Gasteiger partial charge in [-0.3, -0.25) is 9.69 Å². The lowest BCUT2D eigenvalue weighted by atomic mass is 10.0. The van der Waals surface area contributed by atoms with E-state index in [0.29, 0.717) is 49.6 Å². The number of ketones is 1. The number of aromatic nitrogens is 1. The number of nitrogens with one attached hydrogen (secondary N) is 1. The number of benzene rings is 2. The molecule has 0 spiro atoms. The number of aromatic hydroxyl groups is 1. The van der Waals surface area contributed by atoms with Crippen LogP contribution in [0.2, 0.25) is 5.02 Å². The Hall–Kier alpha value is -3.49. The van der Waals surface area contributed by atoms with Crippen molar-refractivity contribution in [1.82, 2.24) is 14.8 Å². The highest BCUT2D eigenvalue weighted by Crippen LogP contribution is 2.44. The molecule has 36 heavy (non-hydrogen) atoms. The molecule has 2 aliphatic rings. The molecule has 2 aliphatic heterocycles. The Balaban J connectivity index is 1.36. The van der Waals surface area contributed by atoms with Gasteiger partial charge in [-0.25, -0.2) is 4.79 Å². The number of Topliss-reactive ketones (excluding diaryl/α,β-unsaturated/α-hetero) is 1. The molecule has 0 aliphatic carbocycles. The van der Waals surface area contributed by atoms with Crippen LogP contribution in [0.1, 0.15) is 42.3 Å². The summed E-state index contributed by atoms with van der Waals surface area (Å²) in [6, 6.07) is 9.25. The van der Waals surface area contributed by atoms with E-state index in [0.717, 1.165) is 16.5 Å². The van der Waals surface area contributed by atoms with E-state index in [-0.39, 0.29) is 28.4 Å². The second-order valence-electron chi connectivity index (χ2n) is 10.0. The molecular weight excluding hydrogens is 482 g/mol. The van der Waals surface area contributed by atoms with E-state index in [9.17, 15) is 14.7 Å². The first-order valence-corrected chi connectivity index (χ1v) is 12.2. The standard InChI is InChI=1S/C27H28ClN3O5/c1-27(2,3)36-26(34)31-10-8-30(9-11-31)15-19-23(32)20(28)13-18-24(33)22(35-25(18)19)12-16-14-29-21-7-5-4-6-17(16)21/h4-7,12-14,29,32H,8-11,15H2,1-3H3/b22-12-. The van der Waals surface area contributed by atoms with Crippen molar-refractivity contribution in [1.29, 1.82) is 0 Å². The van der Waals surface area contributed by atoms with Crippen LogP contribution in [0.25, 0.3) is 17.0 Å². The Bertz CT molecular complexity index is 1380. The number of fused-ring (bicyclic) bond motifs is 2. The summed E-state index contributed by atoms with van der Waals surface area (Å²) in [7, 11) is 0. The van der Waals surface area contributed by atoms with Crippen molar-refractivity contribution in [2.24, 2.45) is 0 Å². The Labute approximate surface area is 214 Å². The number of aromatic amines is 1. The average Bonchev–Trinajstić information content (AvgIpc) is 3.38. The second-order valence-corrected chi connectivity index (χ2v) is 10.4. The zero-order chi connectivity index (χ0) is 25.6. The first-order valence-electron chi connectivity index (χ1n) is 11.9. The zero-order valence-electron chi connectivity index (χ0n) is 20.4. The number of H-pyrrole nitrogens is 1. The van der Waals surface area contributed by atoms with Crippen LogP contribution in [-0.4, -0.2) is 63.5 Å². The summed E-state index contributed by atoms with van der Waals surface area (Å²) in [5.74, 6) is 0.106. The minimum atomic E-state index is -0.552. The van der Waals surface area contributed by atoms with Crippen molar-refractivity contribution in [3.63, 3.8) is 0 Å². The molecule has 3 aromatic rings. The quantitative estimate of drug-likeness (QED) is 0.471. The van der Waals surface area contributed by atoms with Gasteiger partial charge >= 0.3 is 6.09 Å². The molecule has 1 saturated heterocycles. The third-order valence-corrected chi connectivity index (χ3v) is 6.58. The van der Waals surface area contributed by atoms with Gasteiger partial charge in [0.15, 0.2) is 5.76 Å². The molecule has 0 atom stereocenters. The Morgan fingerprint density at radius 3 is 2.67 bits per heavy atom. The van der Waals surface area contributed by atoms with Crippen molar-refractivity contribution in [3.05, 3.63) is 64.0 Å². The summed E-state index contributed by atoms with van der Waals surface area (Å²) in [5.41, 5.74) is 2.02. The lowest BCUT2D eigenvalue weighted by molar-refractivity contribution is 0.0138. The number of para-hydroxylation sites is 1. The van der Waals surface area contributed by atoms with E-state index in [2.05, 4.69) is 9.88 Å². The predicted octanol–water partition coefficient (Wildman–Crippen LogP) is 5.20. The van der Waals surface area contributed by atoms with Gasteiger partial charge in [-0.2, -0.15) is 0 Å². The number of phenols is 1. The van der Waals surface area contributed by atoms with Crippen LogP contribution in [0.5, 0.6) is 11.5 Å². The highest BCUT2D eigenvalue weighted by molar-refractivity contribution is 6.33. The smallest absolute Gasteiger partial charge is 0.410 e. The largest absolute Gasteiger partial charge is 0.506 e. The van der Waals surface area contributed by atoms with Crippen LogP contribution >= 0.6 is 11.6 Å². The van der Waals surface area contributed by atoms with E-state index < -0.39 is 5.60 Å². The minimum Gasteiger partial charge on any atom is -0.506 e. The first-order chi connectivity index (χ1) is 17.1. The van der Waals surface area contributed by atoms with Crippen molar-refractivity contribution in [2.45, 2.75) is 32.9 Å². The fraction of sp³-hybridized carbons (Fsp3) is 0.333. The topological polar surface area (TPSA) is 95.1 Å². The predicted molar refractivity (Wildman–Crippen MR) is 137 cm³/mol. The van der Waals surface area contributed by atoms with Gasteiger partial charge in [-0.15, -0.1) is 0 Å². The van der Waals surface area contributed by atoms with Crippen molar-refractivity contribution < 1.29 is 24.2 Å². The molecule has 3 heterocycles. The van der Waals surface area contributed by atoms with Crippen molar-refractivity contribution >= 4 is 40.5 Å². The number of hydrogen-bond donors (Lipinski definition) is 2. The molecule has 188 valence electrons. The van der Waals surface area contributed by atoms with E-state index in [1.54, 1.807) is 11.0 Å². The minimum absolute atomic E-state index is 0.0986. The van der Waals surface area contributed by atoms with E-state index in [1.807, 2.05) is 51.2 Å². The molecule has 0 radical (unpaired) electrons. The summed E-state index contributed by atoms with van der Waals surface area (Å²) in [6.07, 6.45) is 3.19. The first kappa shape index (κ1) is 24.2. The molecule has 2 aromatic carbocycles. The fourth-order valence-corrected chi connectivity index (χ4v) is 4.71. The molecule has 9 heteroatoms. The summed E-state index contributed by atoms with van der Waals surface area (Å²) in [4.78, 5) is 32.5. The van der Waals surface area contributed by atoms with E-state index in [1.165, 1.54) is 6.07 Å². The van der Waals surface area contributed by atoms with Gasteiger partial charge in [-0.1, -0.05) is 29.8 Å². The van der Waals surface area contributed by atoms with Crippen LogP contribution < -0.4 is 4.74 Å². The summed E-state index contributed by atoms with van der Waals surface area (Å²) in [6.45, 7) is 7.97. The van der Waals surface area contributed by atoms with Crippen LogP contribution in [0.3, 0.4) is 0 Å². The van der Waals surface area contributed by atoms with Crippen molar-refractivity contribution in [3.8, 4) is 11.5 Å². The molecule has 8 nitrogen and oxygen atoms in total. The highest BCUT2D eigenvalue weighted by atomic mass is 35.5. The normalized spacial score (nSPS) is 17.5. The van der Waals surface area contributed by atoms with Gasteiger partial charge in [0.25, 0.3) is 0 Å². The van der Waals surface area contributed by atoms with Gasteiger partial charge in [0.05, 0.1) is 16.1 Å². The van der Waals surface area contributed by atoms with Crippen molar-refractivity contribution in [2.75, 3.05) is 26.2 Å². The monoisotopic (exact) mass is 509 g/mol. The summed E-state index contributed by atoms with van der Waals surface area (Å²) in [5, 5.41) is 11.8. The number of hydrogen-bond acceptors (Lipinski definition) is 6. The average molecular weight is 510 g/mol. The maximum Gasteiger partial charge on any atom is 0.410 e. The van der Waals surface area contributed by atoms with Gasteiger partial charge in [0.2, 0.25) is 5.78 Å².